The van der Waals surface area contributed by atoms with Crippen molar-refractivity contribution in [3.05, 3.63) is 170 Å². The Kier molecular flexibility index (Phi) is 6.51. The zero-order valence-electron chi connectivity index (χ0n) is 24.1. The molecule has 0 aliphatic carbocycles. The van der Waals surface area contributed by atoms with Crippen LogP contribution in [0.4, 0.5) is 0 Å². The van der Waals surface area contributed by atoms with Gasteiger partial charge in [-0.05, 0) is 57.3 Å². The molecule has 0 aliphatic heterocycles. The molecule has 0 saturated carbocycles. The number of pyridine rings is 2. The summed E-state index contributed by atoms with van der Waals surface area (Å²) < 4.78 is 0. The van der Waals surface area contributed by atoms with Gasteiger partial charge in [0.2, 0.25) is 0 Å². The van der Waals surface area contributed by atoms with E-state index in [9.17, 15) is 0 Å². The van der Waals surface area contributed by atoms with Crippen LogP contribution in [0.2, 0.25) is 0 Å². The lowest BCUT2D eigenvalue weighted by Crippen LogP contribution is -1.95. The van der Waals surface area contributed by atoms with Crippen LogP contribution in [0, 0.1) is 0 Å². The van der Waals surface area contributed by atoms with Gasteiger partial charge < -0.3 is 0 Å². The zero-order valence-corrected chi connectivity index (χ0v) is 24.1. The minimum Gasteiger partial charge on any atom is -0.248 e. The molecule has 8 rings (SSSR count). The Morgan fingerprint density at radius 2 is 0.727 bits per heavy atom. The van der Waals surface area contributed by atoms with Crippen LogP contribution in [0.3, 0.4) is 0 Å². The van der Waals surface area contributed by atoms with Crippen molar-refractivity contribution in [1.82, 2.24) is 9.97 Å². The second-order valence-electron chi connectivity index (χ2n) is 11.0. The van der Waals surface area contributed by atoms with E-state index in [0.29, 0.717) is 0 Å². The summed E-state index contributed by atoms with van der Waals surface area (Å²) in [4.78, 5) is 10.4. The summed E-state index contributed by atoms with van der Waals surface area (Å²) in [7, 11) is 0. The molecule has 0 amide bonds. The quantitative estimate of drug-likeness (QED) is 0.196. The van der Waals surface area contributed by atoms with E-state index in [1.807, 2.05) is 18.2 Å². The lowest BCUT2D eigenvalue weighted by Gasteiger charge is -2.17. The van der Waals surface area contributed by atoms with Crippen LogP contribution in [0.25, 0.3) is 77.7 Å². The first-order valence-corrected chi connectivity index (χ1v) is 14.9. The van der Waals surface area contributed by atoms with Gasteiger partial charge in [0.1, 0.15) is 0 Å². The van der Waals surface area contributed by atoms with E-state index in [2.05, 4.69) is 152 Å². The Labute approximate surface area is 257 Å². The number of aromatic nitrogens is 2. The van der Waals surface area contributed by atoms with E-state index in [1.54, 1.807) is 0 Å². The number of rotatable bonds is 5. The third-order valence-corrected chi connectivity index (χ3v) is 8.24. The van der Waals surface area contributed by atoms with Gasteiger partial charge in [0.15, 0.2) is 0 Å². The monoisotopic (exact) mass is 560 g/mol. The Morgan fingerprint density at radius 1 is 0.295 bits per heavy atom. The van der Waals surface area contributed by atoms with E-state index >= 15 is 0 Å². The van der Waals surface area contributed by atoms with Crippen molar-refractivity contribution in [3.8, 4) is 56.0 Å². The minimum absolute atomic E-state index is 0.946. The summed E-state index contributed by atoms with van der Waals surface area (Å²) in [6, 6.07) is 59.6. The molecule has 0 N–H and O–H groups in total. The number of fused-ring (bicyclic) bond motifs is 3. The molecule has 0 fully saturated rings. The van der Waals surface area contributed by atoms with Crippen molar-refractivity contribution in [1.29, 1.82) is 0 Å². The van der Waals surface area contributed by atoms with E-state index in [4.69, 9.17) is 9.97 Å². The molecule has 0 spiro atoms. The van der Waals surface area contributed by atoms with Gasteiger partial charge in [-0.2, -0.15) is 0 Å². The average molecular weight is 561 g/mol. The van der Waals surface area contributed by atoms with Gasteiger partial charge in [-0.15, -0.1) is 0 Å². The number of hydrogen-bond donors (Lipinski definition) is 0. The van der Waals surface area contributed by atoms with E-state index in [-0.39, 0.29) is 0 Å². The fraction of sp³-hybridized carbons (Fsp3) is 0. The van der Waals surface area contributed by atoms with Gasteiger partial charge in [0, 0.05) is 22.1 Å². The normalized spacial score (nSPS) is 11.2. The molecular weight excluding hydrogens is 532 g/mol. The first-order valence-electron chi connectivity index (χ1n) is 14.9. The smallest absolute Gasteiger partial charge is 0.0728 e. The van der Waals surface area contributed by atoms with Gasteiger partial charge >= 0.3 is 0 Å². The lowest BCUT2D eigenvalue weighted by atomic mass is 9.90. The zero-order chi connectivity index (χ0) is 29.3. The first-order chi connectivity index (χ1) is 21.8. The third-order valence-electron chi connectivity index (χ3n) is 8.24. The van der Waals surface area contributed by atoms with Crippen LogP contribution < -0.4 is 0 Å². The van der Waals surface area contributed by atoms with Crippen LogP contribution >= 0.6 is 0 Å². The van der Waals surface area contributed by atoms with Crippen molar-refractivity contribution in [2.75, 3.05) is 0 Å². The van der Waals surface area contributed by atoms with Crippen LogP contribution in [0.15, 0.2) is 170 Å². The molecule has 2 aromatic heterocycles. The number of hydrogen-bond acceptors (Lipinski definition) is 2. The Hall–Kier alpha value is -5.86. The summed E-state index contributed by atoms with van der Waals surface area (Å²) >= 11 is 0. The van der Waals surface area contributed by atoms with E-state index < -0.39 is 0 Å². The Balaban J connectivity index is 1.45. The van der Waals surface area contributed by atoms with Crippen LogP contribution in [-0.4, -0.2) is 9.97 Å². The van der Waals surface area contributed by atoms with Gasteiger partial charge in [0.25, 0.3) is 0 Å². The molecule has 8 aromatic rings. The second-order valence-corrected chi connectivity index (χ2v) is 11.0. The maximum absolute atomic E-state index is 5.31. The molecule has 0 saturated heterocycles. The standard InChI is InChI=1S/C42H28N2/c1-5-15-29(16-6-1)37-28-40(32-21-11-4-12-22-32)44-41-27-36(34-23-13-14-24-35(34)42(37)41)33-25-38(30-17-7-2-8-18-30)43-39(26-33)31-19-9-3-10-20-31/h1-28H. The molecule has 44 heavy (non-hydrogen) atoms. The van der Waals surface area contributed by atoms with E-state index in [1.165, 1.54) is 21.9 Å². The lowest BCUT2D eigenvalue weighted by molar-refractivity contribution is 1.32. The maximum Gasteiger partial charge on any atom is 0.0728 e. The summed E-state index contributed by atoms with van der Waals surface area (Å²) in [5.41, 5.74) is 11.7. The molecule has 0 bridgehead atoms. The van der Waals surface area contributed by atoms with Gasteiger partial charge in [-0.25, -0.2) is 9.97 Å². The second kappa shape index (κ2) is 11.1. The molecule has 0 atom stereocenters. The fourth-order valence-electron chi connectivity index (χ4n) is 6.14. The highest BCUT2D eigenvalue weighted by molar-refractivity contribution is 6.18. The van der Waals surface area contributed by atoms with Crippen LogP contribution in [0.5, 0.6) is 0 Å². The molecule has 2 heterocycles. The van der Waals surface area contributed by atoms with Gasteiger partial charge in [-0.1, -0.05) is 146 Å². The molecule has 0 aliphatic rings. The largest absolute Gasteiger partial charge is 0.248 e. The minimum atomic E-state index is 0.946. The molecule has 206 valence electrons. The highest BCUT2D eigenvalue weighted by Crippen LogP contribution is 2.42. The number of nitrogens with zero attached hydrogens (tertiary/aromatic N) is 2. The molecule has 2 heteroatoms. The first kappa shape index (κ1) is 25.8. The molecular formula is C42H28N2. The predicted molar refractivity (Wildman–Crippen MR) is 184 cm³/mol. The highest BCUT2D eigenvalue weighted by Gasteiger charge is 2.17. The van der Waals surface area contributed by atoms with E-state index in [0.717, 1.165) is 55.8 Å². The summed E-state index contributed by atoms with van der Waals surface area (Å²) in [6.07, 6.45) is 0. The van der Waals surface area contributed by atoms with Crippen LogP contribution in [0.1, 0.15) is 0 Å². The van der Waals surface area contributed by atoms with Crippen molar-refractivity contribution in [2.24, 2.45) is 0 Å². The summed E-state index contributed by atoms with van der Waals surface area (Å²) in [5.74, 6) is 0. The predicted octanol–water partition coefficient (Wildman–Crippen LogP) is 11.1. The Morgan fingerprint density at radius 3 is 1.25 bits per heavy atom. The fourth-order valence-corrected chi connectivity index (χ4v) is 6.14. The van der Waals surface area contributed by atoms with Crippen molar-refractivity contribution < 1.29 is 0 Å². The molecule has 6 aromatic carbocycles. The van der Waals surface area contributed by atoms with Crippen LogP contribution in [-0.2, 0) is 0 Å². The molecule has 0 unspecified atom stereocenters. The van der Waals surface area contributed by atoms with Crippen molar-refractivity contribution in [3.63, 3.8) is 0 Å². The maximum atomic E-state index is 5.31. The van der Waals surface area contributed by atoms with Crippen molar-refractivity contribution >= 4 is 21.7 Å². The summed E-state index contributed by atoms with van der Waals surface area (Å²) in [6.45, 7) is 0. The van der Waals surface area contributed by atoms with Gasteiger partial charge in [-0.3, -0.25) is 0 Å². The third kappa shape index (κ3) is 4.73. The average Bonchev–Trinajstić information content (AvgIpc) is 3.12. The molecule has 0 radical (unpaired) electrons. The molecule has 2 nitrogen and oxygen atoms in total. The SMILES string of the molecule is c1ccc(-c2cc(-c3cc4nc(-c5ccccc5)cc(-c5ccccc5)c4c4ccccc34)cc(-c3ccccc3)n2)cc1. The highest BCUT2D eigenvalue weighted by atomic mass is 14.7. The summed E-state index contributed by atoms with van der Waals surface area (Å²) in [5, 5.41) is 3.54. The topological polar surface area (TPSA) is 25.8 Å². The Bertz CT molecular complexity index is 2180. The van der Waals surface area contributed by atoms with Crippen molar-refractivity contribution in [2.45, 2.75) is 0 Å². The van der Waals surface area contributed by atoms with Gasteiger partial charge in [0.05, 0.1) is 22.6 Å². The number of benzene rings is 6.